The van der Waals surface area contributed by atoms with Crippen LogP contribution in [-0.2, 0) is 6.54 Å². The Bertz CT molecular complexity index is 560. The second kappa shape index (κ2) is 7.00. The van der Waals surface area contributed by atoms with Gasteiger partial charge in [0.05, 0.1) is 0 Å². The molecule has 0 aliphatic carbocycles. The third-order valence-corrected chi connectivity index (χ3v) is 4.20. The van der Waals surface area contributed by atoms with E-state index in [-0.39, 0.29) is 0 Å². The minimum atomic E-state index is 0.495. The van der Waals surface area contributed by atoms with Gasteiger partial charge >= 0.3 is 0 Å². The third-order valence-electron chi connectivity index (χ3n) is 4.20. The van der Waals surface area contributed by atoms with Gasteiger partial charge in [-0.25, -0.2) is 4.63 Å². The van der Waals surface area contributed by atoms with E-state index in [9.17, 15) is 0 Å². The summed E-state index contributed by atoms with van der Waals surface area (Å²) in [5, 5.41) is 11.3. The fraction of sp³-hybridized carbons (Fsp3) is 0.625. The maximum absolute atomic E-state index is 4.73. The summed E-state index contributed by atoms with van der Waals surface area (Å²) in [6.07, 6.45) is 5.49. The molecule has 0 unspecified atom stereocenters. The normalized spacial score (nSPS) is 18.7. The number of hydrogen-bond donors (Lipinski definition) is 1. The minimum Gasteiger partial charge on any atom is -0.309 e. The quantitative estimate of drug-likeness (QED) is 0.916. The van der Waals surface area contributed by atoms with E-state index in [4.69, 9.17) is 4.63 Å². The number of aromatic nitrogens is 2. The van der Waals surface area contributed by atoms with E-state index in [1.807, 2.05) is 12.1 Å². The predicted molar refractivity (Wildman–Crippen MR) is 83.0 cm³/mol. The van der Waals surface area contributed by atoms with E-state index < -0.39 is 0 Å². The van der Waals surface area contributed by atoms with E-state index in [1.54, 1.807) is 0 Å². The molecule has 1 saturated heterocycles. The standard InChI is InChI=1S/C16H24N4O/c1-13(12-20-8-4-2-3-5-9-20)17-11-14-6-7-15-16(10-14)19-21-18-15/h6-7,10,13,17H,2-5,8-9,11-12H2,1H3/t13-/m1/s1. The smallest absolute Gasteiger partial charge is 0.135 e. The number of nitrogens with zero attached hydrogens (tertiary/aromatic N) is 3. The number of benzene rings is 1. The SMILES string of the molecule is C[C@H](CN1CCCCCC1)NCc1ccc2nonc2c1. The summed E-state index contributed by atoms with van der Waals surface area (Å²) in [5.74, 6) is 0. The van der Waals surface area contributed by atoms with E-state index >= 15 is 0 Å². The van der Waals surface area contributed by atoms with Crippen LogP contribution in [0.5, 0.6) is 0 Å². The summed E-state index contributed by atoms with van der Waals surface area (Å²) >= 11 is 0. The number of rotatable bonds is 5. The van der Waals surface area contributed by atoms with Crippen LogP contribution in [0.3, 0.4) is 0 Å². The van der Waals surface area contributed by atoms with E-state index in [2.05, 4.69) is 33.5 Å². The highest BCUT2D eigenvalue weighted by Crippen LogP contribution is 2.12. The van der Waals surface area contributed by atoms with Crippen molar-refractivity contribution in [3.05, 3.63) is 23.8 Å². The van der Waals surface area contributed by atoms with Gasteiger partial charge in [0.2, 0.25) is 0 Å². The zero-order valence-corrected chi connectivity index (χ0v) is 12.7. The van der Waals surface area contributed by atoms with Crippen LogP contribution in [0.1, 0.15) is 38.2 Å². The van der Waals surface area contributed by atoms with Crippen LogP contribution in [0.25, 0.3) is 11.0 Å². The lowest BCUT2D eigenvalue weighted by Crippen LogP contribution is -2.39. The Morgan fingerprint density at radius 2 is 1.90 bits per heavy atom. The summed E-state index contributed by atoms with van der Waals surface area (Å²) in [7, 11) is 0. The lowest BCUT2D eigenvalue weighted by atomic mass is 10.2. The molecule has 1 atom stereocenters. The Balaban J connectivity index is 1.49. The van der Waals surface area contributed by atoms with Gasteiger partial charge in [-0.3, -0.25) is 0 Å². The first-order valence-corrected chi connectivity index (χ1v) is 7.98. The molecular formula is C16H24N4O. The fourth-order valence-corrected chi connectivity index (χ4v) is 3.00. The van der Waals surface area contributed by atoms with Crippen molar-refractivity contribution in [1.82, 2.24) is 20.5 Å². The summed E-state index contributed by atoms with van der Waals surface area (Å²) in [4.78, 5) is 2.59. The highest BCUT2D eigenvalue weighted by Gasteiger charge is 2.12. The van der Waals surface area contributed by atoms with Crippen LogP contribution < -0.4 is 5.32 Å². The van der Waals surface area contributed by atoms with Crippen LogP contribution in [0.15, 0.2) is 22.8 Å². The second-order valence-corrected chi connectivity index (χ2v) is 6.08. The van der Waals surface area contributed by atoms with Gasteiger partial charge in [0.15, 0.2) is 0 Å². The number of hydrogen-bond acceptors (Lipinski definition) is 5. The number of nitrogens with one attached hydrogen (secondary N) is 1. The molecule has 1 aliphatic heterocycles. The van der Waals surface area contributed by atoms with Gasteiger partial charge in [-0.2, -0.15) is 0 Å². The van der Waals surface area contributed by atoms with Gasteiger partial charge in [0.1, 0.15) is 11.0 Å². The minimum absolute atomic E-state index is 0.495. The monoisotopic (exact) mass is 288 g/mol. The molecule has 5 heteroatoms. The van der Waals surface area contributed by atoms with Crippen molar-refractivity contribution in [2.75, 3.05) is 19.6 Å². The molecule has 0 radical (unpaired) electrons. The van der Waals surface area contributed by atoms with Crippen molar-refractivity contribution < 1.29 is 4.63 Å². The van der Waals surface area contributed by atoms with Gasteiger partial charge in [-0.1, -0.05) is 18.9 Å². The van der Waals surface area contributed by atoms with Crippen molar-refractivity contribution in [1.29, 1.82) is 0 Å². The molecule has 114 valence electrons. The van der Waals surface area contributed by atoms with Crippen LogP contribution >= 0.6 is 0 Å². The molecule has 0 saturated carbocycles. The molecule has 0 bridgehead atoms. The molecule has 5 nitrogen and oxygen atoms in total. The van der Waals surface area contributed by atoms with Crippen molar-refractivity contribution in [2.45, 2.75) is 45.2 Å². The Morgan fingerprint density at radius 1 is 1.14 bits per heavy atom. The molecule has 0 spiro atoms. The average molecular weight is 288 g/mol. The number of fused-ring (bicyclic) bond motifs is 1. The zero-order chi connectivity index (χ0) is 14.5. The predicted octanol–water partition coefficient (Wildman–Crippen LogP) is 2.58. The maximum atomic E-state index is 4.73. The van der Waals surface area contributed by atoms with E-state index in [0.717, 1.165) is 24.1 Å². The largest absolute Gasteiger partial charge is 0.309 e. The molecule has 2 heterocycles. The zero-order valence-electron chi connectivity index (χ0n) is 12.7. The molecule has 3 rings (SSSR count). The lowest BCUT2D eigenvalue weighted by Gasteiger charge is -2.24. The van der Waals surface area contributed by atoms with E-state index in [0.29, 0.717) is 6.04 Å². The van der Waals surface area contributed by atoms with Gasteiger partial charge in [-0.05, 0) is 60.9 Å². The molecule has 1 aliphatic rings. The van der Waals surface area contributed by atoms with Crippen molar-refractivity contribution in [3.8, 4) is 0 Å². The summed E-state index contributed by atoms with van der Waals surface area (Å²) in [5.41, 5.74) is 2.87. The van der Waals surface area contributed by atoms with Crippen molar-refractivity contribution in [3.63, 3.8) is 0 Å². The Morgan fingerprint density at radius 3 is 2.71 bits per heavy atom. The Labute approximate surface area is 125 Å². The van der Waals surface area contributed by atoms with E-state index in [1.165, 1.54) is 44.3 Å². The lowest BCUT2D eigenvalue weighted by molar-refractivity contribution is 0.255. The van der Waals surface area contributed by atoms with Gasteiger partial charge in [-0.15, -0.1) is 0 Å². The highest BCUT2D eigenvalue weighted by atomic mass is 16.6. The third kappa shape index (κ3) is 4.02. The molecular weight excluding hydrogens is 264 g/mol. The Hall–Kier alpha value is -1.46. The first-order valence-electron chi connectivity index (χ1n) is 7.98. The maximum Gasteiger partial charge on any atom is 0.135 e. The average Bonchev–Trinajstić information content (AvgIpc) is 2.81. The van der Waals surface area contributed by atoms with Crippen LogP contribution in [-0.4, -0.2) is 40.9 Å². The molecule has 1 aromatic carbocycles. The van der Waals surface area contributed by atoms with Gasteiger partial charge in [0, 0.05) is 19.1 Å². The number of likely N-dealkylation sites (tertiary alicyclic amines) is 1. The van der Waals surface area contributed by atoms with Crippen LogP contribution in [0.4, 0.5) is 0 Å². The first kappa shape index (κ1) is 14.5. The molecule has 21 heavy (non-hydrogen) atoms. The van der Waals surface area contributed by atoms with Crippen LogP contribution in [0, 0.1) is 0 Å². The van der Waals surface area contributed by atoms with Crippen molar-refractivity contribution >= 4 is 11.0 Å². The molecule has 2 aromatic rings. The molecule has 1 fully saturated rings. The summed E-state index contributed by atoms with van der Waals surface area (Å²) in [6.45, 7) is 6.76. The highest BCUT2D eigenvalue weighted by molar-refractivity contribution is 5.73. The molecule has 0 amide bonds. The topological polar surface area (TPSA) is 54.2 Å². The summed E-state index contributed by atoms with van der Waals surface area (Å²) < 4.78 is 4.73. The summed E-state index contributed by atoms with van der Waals surface area (Å²) in [6, 6.07) is 6.58. The fourth-order valence-electron chi connectivity index (χ4n) is 3.00. The second-order valence-electron chi connectivity index (χ2n) is 6.08. The molecule has 1 N–H and O–H groups in total. The first-order chi connectivity index (χ1) is 10.3. The van der Waals surface area contributed by atoms with Crippen LogP contribution in [0.2, 0.25) is 0 Å². The Kier molecular flexibility index (Phi) is 4.83. The van der Waals surface area contributed by atoms with Crippen molar-refractivity contribution in [2.24, 2.45) is 0 Å². The van der Waals surface area contributed by atoms with Gasteiger partial charge in [0.25, 0.3) is 0 Å². The van der Waals surface area contributed by atoms with Gasteiger partial charge < -0.3 is 10.2 Å². The molecule has 1 aromatic heterocycles.